The number of hydrogen-bond donors (Lipinski definition) is 0. The Morgan fingerprint density at radius 1 is 0.723 bits per heavy atom. The maximum Gasteiger partial charge on any atom is 0.0525 e. The highest BCUT2D eigenvalue weighted by Gasteiger charge is 2.19. The minimum atomic E-state index is 0.203. The van der Waals surface area contributed by atoms with Gasteiger partial charge in [-0.2, -0.15) is 0 Å². The molecule has 2 bridgehead atoms. The molecule has 0 aromatic heterocycles. The third kappa shape index (κ3) is 7.56. The zero-order chi connectivity index (χ0) is 32.4. The second-order valence-electron chi connectivity index (χ2n) is 12.1. The van der Waals surface area contributed by atoms with Crippen molar-refractivity contribution in [2.24, 2.45) is 0 Å². The molecule has 0 fully saturated rings. The molecule has 0 radical (unpaired) electrons. The van der Waals surface area contributed by atoms with Crippen LogP contribution in [-0.4, -0.2) is 13.1 Å². The van der Waals surface area contributed by atoms with Crippen LogP contribution in [0.25, 0.3) is 22.3 Å². The normalized spacial score (nSPS) is 17.4. The first-order valence-corrected chi connectivity index (χ1v) is 16.7. The number of anilines is 3. The van der Waals surface area contributed by atoms with Crippen LogP contribution >= 0.6 is 0 Å². The van der Waals surface area contributed by atoms with Gasteiger partial charge >= 0.3 is 0 Å². The molecule has 2 aliphatic rings. The highest BCUT2D eigenvalue weighted by atomic mass is 15.2. The van der Waals surface area contributed by atoms with Crippen molar-refractivity contribution in [3.63, 3.8) is 0 Å². The molecule has 6 rings (SSSR count). The molecule has 2 aliphatic carbocycles. The second-order valence-corrected chi connectivity index (χ2v) is 12.1. The fourth-order valence-corrected chi connectivity index (χ4v) is 6.52. The van der Waals surface area contributed by atoms with Gasteiger partial charge in [-0.15, -0.1) is 6.58 Å². The van der Waals surface area contributed by atoms with Gasteiger partial charge in [0.15, 0.2) is 0 Å². The summed E-state index contributed by atoms with van der Waals surface area (Å²) in [5.74, 6) is 0. The maximum atomic E-state index is 4.01. The van der Waals surface area contributed by atoms with Crippen molar-refractivity contribution in [2.45, 2.75) is 38.6 Å². The summed E-state index contributed by atoms with van der Waals surface area (Å²) >= 11 is 0. The smallest absolute Gasteiger partial charge is 0.0525 e. The zero-order valence-corrected chi connectivity index (χ0v) is 27.6. The summed E-state index contributed by atoms with van der Waals surface area (Å²) in [5.41, 5.74) is 12.5. The van der Waals surface area contributed by atoms with Crippen LogP contribution in [0.1, 0.15) is 32.6 Å². The van der Waals surface area contributed by atoms with Crippen molar-refractivity contribution in [3.8, 4) is 22.3 Å². The lowest BCUT2D eigenvalue weighted by Crippen LogP contribution is -2.29. The molecule has 0 saturated carbocycles. The average Bonchev–Trinajstić information content (AvgIpc) is 3.38. The number of fused-ring (bicyclic) bond motifs is 2. The Labute approximate surface area is 281 Å². The fourth-order valence-electron chi connectivity index (χ4n) is 6.52. The summed E-state index contributed by atoms with van der Waals surface area (Å²) < 4.78 is 0. The monoisotopic (exact) mass is 612 g/mol. The summed E-state index contributed by atoms with van der Waals surface area (Å²) in [4.78, 5) is 4.81. The highest BCUT2D eigenvalue weighted by Crippen LogP contribution is 2.36. The van der Waals surface area contributed by atoms with Gasteiger partial charge in [-0.3, -0.25) is 0 Å². The number of allylic oxidation sites excluding steroid dienone is 11. The van der Waals surface area contributed by atoms with Crippen molar-refractivity contribution in [1.29, 1.82) is 0 Å². The van der Waals surface area contributed by atoms with Crippen molar-refractivity contribution in [2.75, 3.05) is 16.8 Å². The predicted octanol–water partition coefficient (Wildman–Crippen LogP) is 12.2. The first-order valence-electron chi connectivity index (χ1n) is 16.7. The third-order valence-electron chi connectivity index (χ3n) is 9.02. The van der Waals surface area contributed by atoms with Crippen LogP contribution in [0.2, 0.25) is 0 Å². The lowest BCUT2D eigenvalue weighted by atomic mass is 9.98. The second kappa shape index (κ2) is 15.3. The van der Waals surface area contributed by atoms with Gasteiger partial charge in [-0.1, -0.05) is 127 Å². The fraction of sp³-hybridized carbons (Fsp3) is 0.156. The van der Waals surface area contributed by atoms with Crippen molar-refractivity contribution in [1.82, 2.24) is 0 Å². The summed E-state index contributed by atoms with van der Waals surface area (Å²) in [6.45, 7) is 6.11. The van der Waals surface area contributed by atoms with Gasteiger partial charge in [0.25, 0.3) is 0 Å². The molecule has 1 atom stereocenters. The van der Waals surface area contributed by atoms with Gasteiger partial charge in [0.1, 0.15) is 0 Å². The maximum absolute atomic E-state index is 4.01. The van der Waals surface area contributed by atoms with Crippen LogP contribution in [0.3, 0.4) is 0 Å². The van der Waals surface area contributed by atoms with Crippen molar-refractivity contribution >= 4 is 17.1 Å². The Morgan fingerprint density at radius 3 is 2.13 bits per heavy atom. The minimum absolute atomic E-state index is 0.203. The molecule has 0 amide bonds. The van der Waals surface area contributed by atoms with E-state index in [-0.39, 0.29) is 6.04 Å². The molecule has 0 heterocycles. The quantitative estimate of drug-likeness (QED) is 0.155. The number of hydrogen-bond acceptors (Lipinski definition) is 2. The molecule has 2 heteroatoms. The molecule has 4 aromatic carbocycles. The van der Waals surface area contributed by atoms with Crippen LogP contribution in [0.4, 0.5) is 17.1 Å². The van der Waals surface area contributed by atoms with E-state index in [0.717, 1.165) is 25.7 Å². The summed E-state index contributed by atoms with van der Waals surface area (Å²) in [5, 5.41) is 0. The Morgan fingerprint density at radius 2 is 1.40 bits per heavy atom. The molecule has 0 spiro atoms. The van der Waals surface area contributed by atoms with E-state index in [2.05, 4.69) is 188 Å². The van der Waals surface area contributed by atoms with E-state index in [9.17, 15) is 0 Å². The summed E-state index contributed by atoms with van der Waals surface area (Å²) in [6, 6.07) is 37.7. The van der Waals surface area contributed by atoms with Crippen LogP contribution in [0.15, 0.2) is 187 Å². The van der Waals surface area contributed by atoms with Gasteiger partial charge in [0.2, 0.25) is 0 Å². The molecule has 0 saturated heterocycles. The molecule has 0 aliphatic heterocycles. The number of benzene rings is 4. The predicted molar refractivity (Wildman–Crippen MR) is 204 cm³/mol. The third-order valence-corrected chi connectivity index (χ3v) is 9.02. The van der Waals surface area contributed by atoms with Gasteiger partial charge in [-0.05, 0) is 96.0 Å². The first-order chi connectivity index (χ1) is 23.1. The largest absolute Gasteiger partial charge is 0.348 e. The molecular formula is C45H44N2. The average molecular weight is 613 g/mol. The standard InChI is InChI=1S/C45H44N2/c1-4-6-22-42(15-5-2)47(44-23-14-21-39(34-44)36-18-8-7-9-19-36)43-31-27-38(28-32-43)37-25-29-41(30-26-37)46(3)45-24-13-11-17-35-16-10-12-20-40(45)33-35/h4-5,7-21,23,25-32,34,42H,1,6,22,24,33H2,2-3H3/b13-11?,15-5-,35-17-,45-40+. The molecule has 0 N–H and O–H groups in total. The first kappa shape index (κ1) is 31.6. The van der Waals surface area contributed by atoms with E-state index in [1.54, 1.807) is 0 Å². The molecule has 2 nitrogen and oxygen atoms in total. The summed E-state index contributed by atoms with van der Waals surface area (Å²) in [7, 11) is 2.19. The lowest BCUT2D eigenvalue weighted by molar-refractivity contribution is 0.709. The van der Waals surface area contributed by atoms with Crippen molar-refractivity contribution in [3.05, 3.63) is 187 Å². The van der Waals surface area contributed by atoms with E-state index >= 15 is 0 Å². The van der Waals surface area contributed by atoms with Crippen molar-refractivity contribution < 1.29 is 0 Å². The van der Waals surface area contributed by atoms with E-state index in [4.69, 9.17) is 0 Å². The van der Waals surface area contributed by atoms with Gasteiger partial charge in [0, 0.05) is 36.2 Å². The topological polar surface area (TPSA) is 6.48 Å². The zero-order valence-electron chi connectivity index (χ0n) is 27.6. The number of nitrogens with zero attached hydrogens (tertiary/aromatic N) is 2. The molecule has 47 heavy (non-hydrogen) atoms. The minimum Gasteiger partial charge on any atom is -0.348 e. The Bertz CT molecular complexity index is 1850. The van der Waals surface area contributed by atoms with E-state index in [1.165, 1.54) is 56.2 Å². The van der Waals surface area contributed by atoms with Gasteiger partial charge < -0.3 is 9.80 Å². The SMILES string of the molecule is C=CCCC(/C=C\C)N(c1ccc(-c2ccc(N(C)/C3=C4\C=CC=C/C(=C/C=CC3)C4)cc2)cc1)c1cccc(-c2ccccc2)c1. The highest BCUT2D eigenvalue weighted by molar-refractivity contribution is 5.75. The molecule has 234 valence electrons. The Hall–Kier alpha value is -5.34. The number of rotatable bonds is 11. The van der Waals surface area contributed by atoms with Crippen LogP contribution in [0, 0.1) is 0 Å². The Balaban J connectivity index is 1.28. The van der Waals surface area contributed by atoms with Gasteiger partial charge in [-0.25, -0.2) is 0 Å². The molecule has 1 unspecified atom stereocenters. The lowest BCUT2D eigenvalue weighted by Gasteiger charge is -2.33. The van der Waals surface area contributed by atoms with Crippen LogP contribution in [0.5, 0.6) is 0 Å². The Kier molecular flexibility index (Phi) is 10.3. The van der Waals surface area contributed by atoms with Gasteiger partial charge in [0.05, 0.1) is 6.04 Å². The van der Waals surface area contributed by atoms with E-state index in [1.807, 2.05) is 6.08 Å². The van der Waals surface area contributed by atoms with Crippen LogP contribution in [-0.2, 0) is 0 Å². The van der Waals surface area contributed by atoms with E-state index < -0.39 is 0 Å². The molecule has 4 aromatic rings. The van der Waals surface area contributed by atoms with Crippen LogP contribution < -0.4 is 9.80 Å². The van der Waals surface area contributed by atoms with E-state index in [0.29, 0.717) is 0 Å². The molecular weight excluding hydrogens is 569 g/mol. The summed E-state index contributed by atoms with van der Waals surface area (Å²) in [6.07, 6.45) is 25.7.